The molecule has 0 aliphatic rings. The fraction of sp³-hybridized carbons (Fsp3) is 0.188. The Labute approximate surface area is 140 Å². The molecule has 2 rings (SSSR count). The molecule has 2 aromatic carbocycles. The van der Waals surface area contributed by atoms with Gasteiger partial charge in [0, 0.05) is 6.54 Å². The Hall–Kier alpha value is -2.28. The summed E-state index contributed by atoms with van der Waals surface area (Å²) in [7, 11) is 0. The van der Waals surface area contributed by atoms with Crippen molar-refractivity contribution in [3.63, 3.8) is 0 Å². The van der Waals surface area contributed by atoms with Gasteiger partial charge in [-0.25, -0.2) is 4.39 Å². The third-order valence-electron chi connectivity index (χ3n) is 3.14. The predicted molar refractivity (Wildman–Crippen MR) is 83.2 cm³/mol. The zero-order chi connectivity index (χ0) is 17.7. The van der Waals surface area contributed by atoms with Gasteiger partial charge in [-0.2, -0.15) is 13.2 Å². The average molecular weight is 361 g/mol. The number of nitrogens with one attached hydrogen (secondary N) is 2. The fourth-order valence-electron chi connectivity index (χ4n) is 1.88. The lowest BCUT2D eigenvalue weighted by atomic mass is 10.2. The van der Waals surface area contributed by atoms with Crippen LogP contribution in [0, 0.1) is 5.82 Å². The fourth-order valence-corrected chi connectivity index (χ4v) is 2.06. The van der Waals surface area contributed by atoms with E-state index < -0.39 is 17.6 Å². The molecule has 0 radical (unpaired) electrons. The van der Waals surface area contributed by atoms with Crippen molar-refractivity contribution in [1.29, 1.82) is 0 Å². The van der Waals surface area contributed by atoms with Crippen LogP contribution < -0.4 is 10.6 Å². The first-order valence-corrected chi connectivity index (χ1v) is 7.25. The van der Waals surface area contributed by atoms with Gasteiger partial charge in [-0.05, 0) is 35.9 Å². The third kappa shape index (κ3) is 5.13. The zero-order valence-electron chi connectivity index (χ0n) is 12.3. The van der Waals surface area contributed by atoms with Crippen molar-refractivity contribution in [2.24, 2.45) is 0 Å². The second-order valence-corrected chi connectivity index (χ2v) is 5.36. The molecule has 0 fully saturated rings. The molecule has 8 heteroatoms. The number of anilines is 1. The molecule has 0 saturated heterocycles. The van der Waals surface area contributed by atoms with Crippen LogP contribution in [0.4, 0.5) is 23.2 Å². The van der Waals surface area contributed by atoms with Gasteiger partial charge in [-0.3, -0.25) is 4.79 Å². The van der Waals surface area contributed by atoms with E-state index in [1.54, 1.807) is 0 Å². The van der Waals surface area contributed by atoms with E-state index >= 15 is 0 Å². The quantitative estimate of drug-likeness (QED) is 0.784. The van der Waals surface area contributed by atoms with Gasteiger partial charge in [0.25, 0.3) is 0 Å². The van der Waals surface area contributed by atoms with Crippen molar-refractivity contribution >= 4 is 23.2 Å². The number of rotatable bonds is 5. The Kier molecular flexibility index (Phi) is 5.66. The van der Waals surface area contributed by atoms with Crippen molar-refractivity contribution in [2.45, 2.75) is 12.7 Å². The van der Waals surface area contributed by atoms with Gasteiger partial charge in [-0.15, -0.1) is 0 Å². The first kappa shape index (κ1) is 18.1. The molecule has 0 atom stereocenters. The van der Waals surface area contributed by atoms with Crippen LogP contribution in [0.5, 0.6) is 0 Å². The van der Waals surface area contributed by atoms with Gasteiger partial charge in [-0.1, -0.05) is 23.7 Å². The maximum atomic E-state index is 12.8. The van der Waals surface area contributed by atoms with Crippen LogP contribution in [-0.2, 0) is 17.5 Å². The van der Waals surface area contributed by atoms with Crippen molar-refractivity contribution in [3.8, 4) is 0 Å². The normalized spacial score (nSPS) is 11.2. The number of halogens is 5. The highest BCUT2D eigenvalue weighted by Gasteiger charge is 2.30. The van der Waals surface area contributed by atoms with E-state index in [9.17, 15) is 22.4 Å². The molecule has 0 aliphatic carbocycles. The molecule has 0 aromatic heterocycles. The number of carbonyl (C=O) groups is 1. The summed E-state index contributed by atoms with van der Waals surface area (Å²) < 4.78 is 50.7. The number of hydrogen-bond acceptors (Lipinski definition) is 2. The number of alkyl halides is 3. The third-order valence-corrected chi connectivity index (χ3v) is 3.47. The number of hydrogen-bond donors (Lipinski definition) is 2. The second-order valence-electron chi connectivity index (χ2n) is 4.95. The van der Waals surface area contributed by atoms with E-state index in [0.29, 0.717) is 5.56 Å². The summed E-state index contributed by atoms with van der Waals surface area (Å²) in [6.45, 7) is -0.0701. The molecule has 1 amide bonds. The van der Waals surface area contributed by atoms with Gasteiger partial charge in [0.2, 0.25) is 5.91 Å². The topological polar surface area (TPSA) is 41.1 Å². The molecule has 128 valence electrons. The van der Waals surface area contributed by atoms with E-state index in [-0.39, 0.29) is 29.6 Å². The first-order valence-electron chi connectivity index (χ1n) is 6.87. The van der Waals surface area contributed by atoms with Crippen molar-refractivity contribution in [3.05, 3.63) is 64.4 Å². The van der Waals surface area contributed by atoms with Gasteiger partial charge in [0.05, 0.1) is 22.8 Å². The summed E-state index contributed by atoms with van der Waals surface area (Å²) in [5.74, 6) is -0.821. The molecule has 0 saturated carbocycles. The lowest BCUT2D eigenvalue weighted by Crippen LogP contribution is -2.29. The monoisotopic (exact) mass is 360 g/mol. The Bertz CT molecular complexity index is 717. The molecule has 0 unspecified atom stereocenters. The molecular weight excluding hydrogens is 348 g/mol. The largest absolute Gasteiger partial charge is 0.416 e. The Morgan fingerprint density at radius 3 is 2.38 bits per heavy atom. The molecule has 0 heterocycles. The summed E-state index contributed by atoms with van der Waals surface area (Å²) in [5.41, 5.74) is -0.147. The van der Waals surface area contributed by atoms with Crippen LogP contribution in [0.3, 0.4) is 0 Å². The molecule has 0 bridgehead atoms. The summed E-state index contributed by atoms with van der Waals surface area (Å²) in [5, 5.41) is 5.21. The molecule has 0 spiro atoms. The van der Waals surface area contributed by atoms with Gasteiger partial charge in [0.15, 0.2) is 0 Å². The summed E-state index contributed by atoms with van der Waals surface area (Å²) in [6, 6.07) is 8.39. The zero-order valence-corrected chi connectivity index (χ0v) is 13.0. The maximum absolute atomic E-state index is 12.8. The summed E-state index contributed by atoms with van der Waals surface area (Å²) in [4.78, 5) is 11.7. The van der Waals surface area contributed by atoms with Crippen molar-refractivity contribution < 1.29 is 22.4 Å². The SMILES string of the molecule is O=C(CNc1cc(C(F)(F)F)ccc1Cl)NCc1ccc(F)cc1. The highest BCUT2D eigenvalue weighted by molar-refractivity contribution is 6.33. The average Bonchev–Trinajstić information content (AvgIpc) is 2.52. The van der Waals surface area contributed by atoms with Crippen LogP contribution in [0.1, 0.15) is 11.1 Å². The van der Waals surface area contributed by atoms with Gasteiger partial charge in [0.1, 0.15) is 5.82 Å². The van der Waals surface area contributed by atoms with Crippen LogP contribution in [0.15, 0.2) is 42.5 Å². The van der Waals surface area contributed by atoms with E-state index in [2.05, 4.69) is 10.6 Å². The van der Waals surface area contributed by atoms with Gasteiger partial charge < -0.3 is 10.6 Å². The summed E-state index contributed by atoms with van der Waals surface area (Å²) in [6.07, 6.45) is -4.49. The molecule has 0 aliphatic heterocycles. The number of benzene rings is 2. The lowest BCUT2D eigenvalue weighted by Gasteiger charge is -2.12. The Morgan fingerprint density at radius 2 is 1.75 bits per heavy atom. The first-order chi connectivity index (χ1) is 11.3. The molecular formula is C16H13ClF4N2O. The molecule has 3 nitrogen and oxygen atoms in total. The van der Waals surface area contributed by atoms with Crippen LogP contribution in [0.2, 0.25) is 5.02 Å². The van der Waals surface area contributed by atoms with Crippen molar-refractivity contribution in [2.75, 3.05) is 11.9 Å². The lowest BCUT2D eigenvalue weighted by molar-refractivity contribution is -0.137. The van der Waals surface area contributed by atoms with Crippen LogP contribution in [-0.4, -0.2) is 12.5 Å². The molecule has 24 heavy (non-hydrogen) atoms. The predicted octanol–water partition coefficient (Wildman–Crippen LogP) is 4.23. The molecule has 2 N–H and O–H groups in total. The van der Waals surface area contributed by atoms with Crippen LogP contribution in [0.25, 0.3) is 0 Å². The van der Waals surface area contributed by atoms with E-state index in [4.69, 9.17) is 11.6 Å². The van der Waals surface area contributed by atoms with Crippen molar-refractivity contribution in [1.82, 2.24) is 5.32 Å². The van der Waals surface area contributed by atoms with E-state index in [1.807, 2.05) is 0 Å². The standard InChI is InChI=1S/C16H13ClF4N2O/c17-13-6-3-11(16(19,20)21)7-14(13)22-9-15(24)23-8-10-1-4-12(18)5-2-10/h1-7,22H,8-9H2,(H,23,24). The number of carbonyl (C=O) groups excluding carboxylic acids is 1. The highest BCUT2D eigenvalue weighted by atomic mass is 35.5. The second kappa shape index (κ2) is 7.53. The van der Waals surface area contributed by atoms with E-state index in [1.165, 1.54) is 24.3 Å². The molecule has 2 aromatic rings. The smallest absolute Gasteiger partial charge is 0.375 e. The minimum atomic E-state index is -4.49. The highest BCUT2D eigenvalue weighted by Crippen LogP contribution is 2.33. The van der Waals surface area contributed by atoms with Crippen LogP contribution >= 0.6 is 11.6 Å². The minimum Gasteiger partial charge on any atom is -0.375 e. The van der Waals surface area contributed by atoms with Gasteiger partial charge >= 0.3 is 6.18 Å². The summed E-state index contributed by atoms with van der Waals surface area (Å²) >= 11 is 5.82. The maximum Gasteiger partial charge on any atom is 0.416 e. The number of amides is 1. The Balaban J connectivity index is 1.90. The minimum absolute atomic E-state index is 0.0171. The van der Waals surface area contributed by atoms with E-state index in [0.717, 1.165) is 18.2 Å². The Morgan fingerprint density at radius 1 is 1.08 bits per heavy atom.